The normalized spacial score (nSPS) is 47.7. The third kappa shape index (κ3) is 2.29. The van der Waals surface area contributed by atoms with Crippen molar-refractivity contribution in [3.63, 3.8) is 0 Å². The molecule has 0 spiro atoms. The molecule has 2 bridgehead atoms. The number of Topliss-reactive ketones (excluding diaryl/α,β-unsaturated/α-hetero) is 1. The van der Waals surface area contributed by atoms with Crippen molar-refractivity contribution in [2.24, 2.45) is 11.8 Å². The Morgan fingerprint density at radius 3 is 2.68 bits per heavy atom. The topological polar surface area (TPSA) is 76.1 Å². The van der Waals surface area contributed by atoms with Gasteiger partial charge in [0.1, 0.15) is 17.8 Å². The average molecular weight is 344 g/mol. The lowest BCUT2D eigenvalue weighted by molar-refractivity contribution is -0.154. The maximum atomic E-state index is 12.8. The molecule has 2 saturated heterocycles. The van der Waals surface area contributed by atoms with E-state index in [0.717, 1.165) is 11.1 Å². The van der Waals surface area contributed by atoms with Crippen LogP contribution in [0.25, 0.3) is 0 Å². The number of rotatable bonds is 1. The van der Waals surface area contributed by atoms with Gasteiger partial charge in [-0.15, -0.1) is 0 Å². The molecule has 6 atom stereocenters. The highest BCUT2D eigenvalue weighted by Crippen LogP contribution is 2.54. The Morgan fingerprint density at radius 2 is 2.04 bits per heavy atom. The van der Waals surface area contributed by atoms with Gasteiger partial charge in [0.15, 0.2) is 11.4 Å². The molecule has 0 aromatic rings. The van der Waals surface area contributed by atoms with E-state index >= 15 is 0 Å². The fraction of sp³-hybridized carbons (Fsp3) is 0.600. The molecule has 0 radical (unpaired) electrons. The first-order valence-electron chi connectivity index (χ1n) is 8.86. The molecule has 25 heavy (non-hydrogen) atoms. The molecule has 5 nitrogen and oxygen atoms in total. The number of fused-ring (bicyclic) bond motifs is 1. The van der Waals surface area contributed by atoms with Crippen LogP contribution >= 0.6 is 0 Å². The summed E-state index contributed by atoms with van der Waals surface area (Å²) in [5.41, 5.74) is 0.129. The molecule has 2 heterocycles. The van der Waals surface area contributed by atoms with Crippen molar-refractivity contribution in [1.82, 2.24) is 0 Å². The fourth-order valence-corrected chi connectivity index (χ4v) is 4.92. The van der Waals surface area contributed by atoms with E-state index in [0.29, 0.717) is 24.8 Å². The first-order chi connectivity index (χ1) is 11.7. The summed E-state index contributed by atoms with van der Waals surface area (Å²) in [4.78, 5) is 25.1. The number of epoxide rings is 1. The van der Waals surface area contributed by atoms with Crippen LogP contribution in [0.5, 0.6) is 0 Å². The summed E-state index contributed by atoms with van der Waals surface area (Å²) in [6, 6.07) is 0. The second-order valence-corrected chi connectivity index (χ2v) is 8.11. The molecule has 0 amide bonds. The minimum atomic E-state index is -1.31. The number of allylic oxidation sites excluding steroid dienone is 2. The van der Waals surface area contributed by atoms with Gasteiger partial charge in [0.05, 0.1) is 5.92 Å². The molecule has 6 unspecified atom stereocenters. The number of carbonyl (C=O) groups is 2. The molecule has 134 valence electrons. The number of aliphatic hydroxyl groups is 1. The first-order valence-corrected chi connectivity index (χ1v) is 8.86. The zero-order valence-corrected chi connectivity index (χ0v) is 14.9. The van der Waals surface area contributed by atoms with Crippen LogP contribution in [-0.4, -0.2) is 40.3 Å². The molecule has 0 aromatic carbocycles. The largest absolute Gasteiger partial charge is 0.457 e. The molecule has 2 aliphatic heterocycles. The Labute approximate surface area is 147 Å². The second-order valence-electron chi connectivity index (χ2n) is 8.11. The van der Waals surface area contributed by atoms with Crippen LogP contribution in [0.4, 0.5) is 0 Å². The standard InChI is InChI=1S/C20H24O5/c1-10(2)13-5-6-20-17(25-20)14(24-18(20)22)7-11(3)8-19(23)9-12(4)16(21)15(13)19/h8-9,13-15,17,23H,1,5-7H2,2-4H3/b11-8+. The third-order valence-corrected chi connectivity index (χ3v) is 6.16. The van der Waals surface area contributed by atoms with Crippen molar-refractivity contribution in [3.05, 3.63) is 35.5 Å². The highest BCUT2D eigenvalue weighted by molar-refractivity contribution is 6.01. The summed E-state index contributed by atoms with van der Waals surface area (Å²) in [5.74, 6) is -1.16. The van der Waals surface area contributed by atoms with E-state index < -0.39 is 17.1 Å². The van der Waals surface area contributed by atoms with Crippen molar-refractivity contribution in [2.45, 2.75) is 63.4 Å². The Hall–Kier alpha value is -1.72. The summed E-state index contributed by atoms with van der Waals surface area (Å²) < 4.78 is 11.3. The highest BCUT2D eigenvalue weighted by atomic mass is 16.7. The molecule has 1 N–H and O–H groups in total. The zero-order valence-electron chi connectivity index (χ0n) is 14.9. The van der Waals surface area contributed by atoms with Gasteiger partial charge in [-0.1, -0.05) is 17.7 Å². The fourth-order valence-electron chi connectivity index (χ4n) is 4.92. The van der Waals surface area contributed by atoms with Crippen molar-refractivity contribution in [3.8, 4) is 0 Å². The van der Waals surface area contributed by atoms with Gasteiger partial charge in [0.25, 0.3) is 0 Å². The monoisotopic (exact) mass is 344 g/mol. The third-order valence-electron chi connectivity index (χ3n) is 6.16. The van der Waals surface area contributed by atoms with Crippen LogP contribution in [0, 0.1) is 11.8 Å². The number of hydrogen-bond donors (Lipinski definition) is 1. The molecule has 4 aliphatic rings. The Morgan fingerprint density at radius 1 is 1.32 bits per heavy atom. The van der Waals surface area contributed by atoms with Gasteiger partial charge in [-0.05, 0) is 57.3 Å². The average Bonchev–Trinajstić information content (AvgIpc) is 3.12. The van der Waals surface area contributed by atoms with E-state index in [9.17, 15) is 14.7 Å². The van der Waals surface area contributed by atoms with Crippen LogP contribution in [0.2, 0.25) is 0 Å². The van der Waals surface area contributed by atoms with E-state index in [1.807, 2.05) is 13.8 Å². The Balaban J connectivity index is 1.79. The smallest absolute Gasteiger partial charge is 0.341 e. The lowest BCUT2D eigenvalue weighted by atomic mass is 9.73. The molecule has 0 saturated carbocycles. The Bertz CT molecular complexity index is 747. The van der Waals surface area contributed by atoms with Crippen LogP contribution in [0.1, 0.15) is 40.0 Å². The summed E-state index contributed by atoms with van der Waals surface area (Å²) in [5, 5.41) is 11.3. The van der Waals surface area contributed by atoms with Gasteiger partial charge in [-0.2, -0.15) is 0 Å². The van der Waals surface area contributed by atoms with E-state index in [2.05, 4.69) is 6.58 Å². The summed E-state index contributed by atoms with van der Waals surface area (Å²) >= 11 is 0. The molecular formula is C20H24O5. The highest BCUT2D eigenvalue weighted by Gasteiger charge is 2.72. The maximum Gasteiger partial charge on any atom is 0.341 e. The summed E-state index contributed by atoms with van der Waals surface area (Å²) in [7, 11) is 0. The van der Waals surface area contributed by atoms with Crippen LogP contribution in [0.3, 0.4) is 0 Å². The summed E-state index contributed by atoms with van der Waals surface area (Å²) in [6.07, 6.45) is 4.44. The predicted molar refractivity (Wildman–Crippen MR) is 90.6 cm³/mol. The minimum absolute atomic E-state index is 0.0442. The van der Waals surface area contributed by atoms with Gasteiger partial charge in [-0.3, -0.25) is 4.79 Å². The summed E-state index contributed by atoms with van der Waals surface area (Å²) in [6.45, 7) is 9.56. The van der Waals surface area contributed by atoms with Gasteiger partial charge in [0, 0.05) is 6.42 Å². The Kier molecular flexibility index (Phi) is 3.44. The molecule has 0 aromatic heterocycles. The van der Waals surface area contributed by atoms with E-state index in [-0.39, 0.29) is 29.9 Å². The predicted octanol–water partition coefficient (Wildman–Crippen LogP) is 2.25. The van der Waals surface area contributed by atoms with Crippen LogP contribution < -0.4 is 0 Å². The lowest BCUT2D eigenvalue weighted by Gasteiger charge is -2.33. The van der Waals surface area contributed by atoms with E-state index in [4.69, 9.17) is 9.47 Å². The number of ether oxygens (including phenoxy) is 2. The quantitative estimate of drug-likeness (QED) is 0.448. The minimum Gasteiger partial charge on any atom is -0.457 e. The van der Waals surface area contributed by atoms with Crippen molar-refractivity contribution in [2.75, 3.05) is 0 Å². The maximum absolute atomic E-state index is 12.8. The molecule has 4 rings (SSSR count). The van der Waals surface area contributed by atoms with Crippen LogP contribution in [-0.2, 0) is 19.1 Å². The molecule has 2 aliphatic carbocycles. The van der Waals surface area contributed by atoms with E-state index in [1.54, 1.807) is 19.1 Å². The van der Waals surface area contributed by atoms with Crippen molar-refractivity contribution >= 4 is 11.8 Å². The zero-order chi connectivity index (χ0) is 18.1. The number of hydrogen-bond acceptors (Lipinski definition) is 5. The molecule has 2 fully saturated rings. The number of ketones is 1. The lowest BCUT2D eigenvalue weighted by Crippen LogP contribution is -2.41. The van der Waals surface area contributed by atoms with Crippen LogP contribution in [0.15, 0.2) is 35.5 Å². The number of esters is 1. The van der Waals surface area contributed by atoms with Crippen molar-refractivity contribution in [1.29, 1.82) is 0 Å². The SMILES string of the molecule is C=C(C)C1CCC23OC2C(C/C(C)=C/C2(O)C=C(C)C(=O)C12)OC3=O. The van der Waals surface area contributed by atoms with E-state index in [1.165, 1.54) is 0 Å². The molecular weight excluding hydrogens is 320 g/mol. The van der Waals surface area contributed by atoms with Gasteiger partial charge < -0.3 is 14.6 Å². The second kappa shape index (κ2) is 5.15. The van der Waals surface area contributed by atoms with Gasteiger partial charge in [-0.25, -0.2) is 4.79 Å². The molecule has 5 heteroatoms. The number of carbonyl (C=O) groups excluding carboxylic acids is 2. The van der Waals surface area contributed by atoms with Gasteiger partial charge in [0.2, 0.25) is 0 Å². The first kappa shape index (κ1) is 16.7. The van der Waals surface area contributed by atoms with Gasteiger partial charge >= 0.3 is 5.97 Å². The van der Waals surface area contributed by atoms with Crippen molar-refractivity contribution < 1.29 is 24.2 Å².